The second kappa shape index (κ2) is 7.61. The van der Waals surface area contributed by atoms with Gasteiger partial charge in [-0.1, -0.05) is 25.1 Å². The number of nitrogens with one attached hydrogen (secondary N) is 1. The summed E-state index contributed by atoms with van der Waals surface area (Å²) in [5.41, 5.74) is 1.65. The van der Waals surface area contributed by atoms with Gasteiger partial charge in [0.05, 0.1) is 6.61 Å². The van der Waals surface area contributed by atoms with Crippen LogP contribution in [0.1, 0.15) is 23.8 Å². The van der Waals surface area contributed by atoms with E-state index in [1.165, 1.54) is 0 Å². The summed E-state index contributed by atoms with van der Waals surface area (Å²) in [5, 5.41) is 12.2. The smallest absolute Gasteiger partial charge is 0.329 e. The van der Waals surface area contributed by atoms with Crippen LogP contribution < -0.4 is 5.32 Å². The summed E-state index contributed by atoms with van der Waals surface area (Å²) in [4.78, 5) is 22.6. The maximum absolute atomic E-state index is 12.3. The van der Waals surface area contributed by atoms with Crippen molar-refractivity contribution in [1.82, 2.24) is 9.88 Å². The van der Waals surface area contributed by atoms with Crippen molar-refractivity contribution in [2.75, 3.05) is 19.8 Å². The highest BCUT2D eigenvalue weighted by Crippen LogP contribution is 2.20. The molecule has 0 unspecified atom stereocenters. The molecule has 1 aromatic heterocycles. The number of para-hydroxylation sites is 1. The minimum absolute atomic E-state index is 0.173. The van der Waals surface area contributed by atoms with Gasteiger partial charge in [0.25, 0.3) is 5.91 Å². The zero-order valence-electron chi connectivity index (χ0n) is 12.5. The third kappa shape index (κ3) is 3.85. The van der Waals surface area contributed by atoms with E-state index < -0.39 is 5.97 Å². The molecule has 0 atom stereocenters. The van der Waals surface area contributed by atoms with E-state index in [1.54, 1.807) is 0 Å². The number of benzene rings is 1. The number of nitrogens with zero attached hydrogens (tertiary/aromatic N) is 1. The molecule has 1 heterocycles. The van der Waals surface area contributed by atoms with Crippen molar-refractivity contribution in [2.45, 2.75) is 19.9 Å². The molecule has 1 aromatic carbocycles. The third-order valence-corrected chi connectivity index (χ3v) is 3.25. The molecule has 0 aliphatic rings. The van der Waals surface area contributed by atoms with Gasteiger partial charge in [-0.2, -0.15) is 0 Å². The number of carboxylic acid groups (broad SMARTS) is 1. The Morgan fingerprint density at radius 1 is 1.32 bits per heavy atom. The molecule has 0 saturated heterocycles. The molecule has 0 fully saturated rings. The summed E-state index contributed by atoms with van der Waals surface area (Å²) in [6.45, 7) is 2.93. The Balaban J connectivity index is 2.04. The van der Waals surface area contributed by atoms with Crippen molar-refractivity contribution in [3.05, 3.63) is 36.0 Å². The number of aryl methyl sites for hydroxylation is 1. The second-order valence-corrected chi connectivity index (χ2v) is 4.94. The van der Waals surface area contributed by atoms with E-state index in [2.05, 4.69) is 12.2 Å². The van der Waals surface area contributed by atoms with Gasteiger partial charge in [0, 0.05) is 24.0 Å². The maximum atomic E-state index is 12.3. The summed E-state index contributed by atoms with van der Waals surface area (Å²) >= 11 is 0. The number of carbonyl (C=O) groups excluding carboxylic acids is 1. The maximum Gasteiger partial charge on any atom is 0.329 e. The molecule has 0 bridgehead atoms. The average molecular weight is 304 g/mol. The molecule has 0 spiro atoms. The van der Waals surface area contributed by atoms with E-state index in [0.717, 1.165) is 23.9 Å². The summed E-state index contributed by atoms with van der Waals surface area (Å²) in [5.74, 6) is -1.20. The molecule has 2 aromatic rings. The molecular weight excluding hydrogens is 284 g/mol. The molecule has 2 rings (SSSR count). The molecular formula is C16H20N2O4. The number of ether oxygens (including phenoxy) is 1. The first-order valence-corrected chi connectivity index (χ1v) is 7.29. The Morgan fingerprint density at radius 2 is 2.09 bits per heavy atom. The number of rotatable bonds is 8. The quantitative estimate of drug-likeness (QED) is 0.730. The fourth-order valence-electron chi connectivity index (χ4n) is 2.35. The predicted octanol–water partition coefficient (Wildman–Crippen LogP) is 1.88. The van der Waals surface area contributed by atoms with Gasteiger partial charge < -0.3 is 19.7 Å². The van der Waals surface area contributed by atoms with Crippen LogP contribution in [0.15, 0.2) is 30.3 Å². The van der Waals surface area contributed by atoms with Crippen molar-refractivity contribution >= 4 is 22.8 Å². The number of aromatic nitrogens is 1. The molecule has 0 radical (unpaired) electrons. The van der Waals surface area contributed by atoms with Crippen LogP contribution in [-0.4, -0.2) is 41.3 Å². The largest absolute Gasteiger partial charge is 0.480 e. The number of amides is 1. The molecule has 0 saturated carbocycles. The number of hydrogen-bond donors (Lipinski definition) is 2. The van der Waals surface area contributed by atoms with E-state index >= 15 is 0 Å². The Hall–Kier alpha value is -2.34. The standard InChI is InChI=1S/C16H20N2O4/c1-2-8-18-13-6-4-3-5-12(13)10-14(18)16(21)17-7-9-22-11-15(19)20/h3-6,10H,2,7-9,11H2,1H3,(H,17,21)(H,19,20). The van der Waals surface area contributed by atoms with Crippen LogP contribution in [0.3, 0.4) is 0 Å². The molecule has 118 valence electrons. The number of carboxylic acids is 1. The van der Waals surface area contributed by atoms with E-state index in [1.807, 2.05) is 34.9 Å². The highest BCUT2D eigenvalue weighted by molar-refractivity contribution is 5.98. The van der Waals surface area contributed by atoms with Gasteiger partial charge in [-0.15, -0.1) is 0 Å². The molecule has 0 aliphatic carbocycles. The summed E-state index contributed by atoms with van der Waals surface area (Å²) in [7, 11) is 0. The zero-order chi connectivity index (χ0) is 15.9. The topological polar surface area (TPSA) is 80.6 Å². The van der Waals surface area contributed by atoms with Crippen molar-refractivity contribution in [3.63, 3.8) is 0 Å². The number of fused-ring (bicyclic) bond motifs is 1. The van der Waals surface area contributed by atoms with Crippen molar-refractivity contribution in [2.24, 2.45) is 0 Å². The first-order chi connectivity index (χ1) is 10.6. The lowest BCUT2D eigenvalue weighted by Gasteiger charge is -2.10. The number of hydrogen-bond acceptors (Lipinski definition) is 3. The SMILES string of the molecule is CCCn1c(C(=O)NCCOCC(=O)O)cc2ccccc21. The van der Waals surface area contributed by atoms with Crippen LogP contribution in [0.5, 0.6) is 0 Å². The van der Waals surface area contributed by atoms with Gasteiger partial charge in [0.2, 0.25) is 0 Å². The Bertz CT molecular complexity index is 663. The van der Waals surface area contributed by atoms with Gasteiger partial charge in [-0.3, -0.25) is 4.79 Å². The number of carbonyl (C=O) groups is 2. The highest BCUT2D eigenvalue weighted by atomic mass is 16.5. The molecule has 6 nitrogen and oxygen atoms in total. The first kappa shape index (κ1) is 16.0. The highest BCUT2D eigenvalue weighted by Gasteiger charge is 2.14. The molecule has 0 aliphatic heterocycles. The van der Waals surface area contributed by atoms with E-state index in [0.29, 0.717) is 5.69 Å². The summed E-state index contributed by atoms with van der Waals surface area (Å²) in [6.07, 6.45) is 0.931. The molecule has 1 amide bonds. The van der Waals surface area contributed by atoms with Crippen molar-refractivity contribution < 1.29 is 19.4 Å². The fourth-order valence-corrected chi connectivity index (χ4v) is 2.35. The Labute approximate surface area is 128 Å². The van der Waals surface area contributed by atoms with Gasteiger partial charge in [-0.25, -0.2) is 4.79 Å². The van der Waals surface area contributed by atoms with E-state index in [-0.39, 0.29) is 25.7 Å². The summed E-state index contributed by atoms with van der Waals surface area (Å²) < 4.78 is 6.90. The van der Waals surface area contributed by atoms with Crippen LogP contribution in [0.2, 0.25) is 0 Å². The van der Waals surface area contributed by atoms with Crippen LogP contribution >= 0.6 is 0 Å². The third-order valence-electron chi connectivity index (χ3n) is 3.25. The lowest BCUT2D eigenvalue weighted by molar-refractivity contribution is -0.142. The minimum Gasteiger partial charge on any atom is -0.480 e. The molecule has 2 N–H and O–H groups in total. The second-order valence-electron chi connectivity index (χ2n) is 4.94. The monoisotopic (exact) mass is 304 g/mol. The van der Waals surface area contributed by atoms with Crippen LogP contribution in [0, 0.1) is 0 Å². The van der Waals surface area contributed by atoms with Gasteiger partial charge in [0.1, 0.15) is 12.3 Å². The lowest BCUT2D eigenvalue weighted by atomic mass is 10.2. The van der Waals surface area contributed by atoms with E-state index in [9.17, 15) is 9.59 Å². The lowest BCUT2D eigenvalue weighted by Crippen LogP contribution is -2.29. The van der Waals surface area contributed by atoms with Gasteiger partial charge in [-0.05, 0) is 18.6 Å². The van der Waals surface area contributed by atoms with Crippen LogP contribution in [0.25, 0.3) is 10.9 Å². The Morgan fingerprint density at radius 3 is 2.82 bits per heavy atom. The molecule has 22 heavy (non-hydrogen) atoms. The Kier molecular flexibility index (Phi) is 5.55. The van der Waals surface area contributed by atoms with Crippen molar-refractivity contribution in [1.29, 1.82) is 0 Å². The first-order valence-electron chi connectivity index (χ1n) is 7.29. The van der Waals surface area contributed by atoms with Crippen molar-refractivity contribution in [3.8, 4) is 0 Å². The van der Waals surface area contributed by atoms with Crippen LogP contribution in [-0.2, 0) is 16.1 Å². The number of aliphatic carboxylic acids is 1. The molecule has 6 heteroatoms. The van der Waals surface area contributed by atoms with E-state index in [4.69, 9.17) is 9.84 Å². The normalized spacial score (nSPS) is 10.8. The van der Waals surface area contributed by atoms with Crippen LogP contribution in [0.4, 0.5) is 0 Å². The fraction of sp³-hybridized carbons (Fsp3) is 0.375. The van der Waals surface area contributed by atoms with Gasteiger partial charge in [0.15, 0.2) is 0 Å². The zero-order valence-corrected chi connectivity index (χ0v) is 12.5. The minimum atomic E-state index is -1.02. The predicted molar refractivity (Wildman–Crippen MR) is 83.0 cm³/mol. The average Bonchev–Trinajstić information content (AvgIpc) is 2.86. The van der Waals surface area contributed by atoms with Gasteiger partial charge >= 0.3 is 5.97 Å². The summed E-state index contributed by atoms with van der Waals surface area (Å²) in [6, 6.07) is 9.75.